The van der Waals surface area contributed by atoms with Crippen LogP contribution in [0.3, 0.4) is 0 Å². The fourth-order valence-corrected chi connectivity index (χ4v) is 3.46. The van der Waals surface area contributed by atoms with E-state index in [0.717, 1.165) is 24.8 Å². The van der Waals surface area contributed by atoms with Gasteiger partial charge in [-0.3, -0.25) is 25.1 Å². The topological polar surface area (TPSA) is 119 Å². The Morgan fingerprint density at radius 1 is 1.00 bits per heavy atom. The zero-order valence-electron chi connectivity index (χ0n) is 14.6. The Bertz CT molecular complexity index is 905. The normalized spacial score (nSPS) is 14.9. The van der Waals surface area contributed by atoms with Crippen LogP contribution in [0.5, 0.6) is 0 Å². The van der Waals surface area contributed by atoms with E-state index in [0.29, 0.717) is 36.8 Å². The molecule has 1 aliphatic heterocycles. The molecule has 0 radical (unpaired) electrons. The third-order valence-corrected chi connectivity index (χ3v) is 5.04. The second-order valence-corrected chi connectivity index (χ2v) is 6.99. The van der Waals surface area contributed by atoms with E-state index in [1.54, 1.807) is 6.07 Å². The third kappa shape index (κ3) is 4.64. The van der Waals surface area contributed by atoms with Crippen LogP contribution in [0, 0.1) is 20.2 Å². The number of nitrogens with zero attached hydrogens (tertiary/aromatic N) is 6. The van der Waals surface area contributed by atoms with E-state index in [2.05, 4.69) is 20.0 Å². The van der Waals surface area contributed by atoms with E-state index in [1.807, 2.05) is 0 Å². The highest BCUT2D eigenvalue weighted by molar-refractivity contribution is 6.33. The summed E-state index contributed by atoms with van der Waals surface area (Å²) in [5.74, 6) is 0. The van der Waals surface area contributed by atoms with Gasteiger partial charge in [-0.1, -0.05) is 23.2 Å². The molecule has 0 unspecified atom stereocenters. The summed E-state index contributed by atoms with van der Waals surface area (Å²) < 4.78 is 0. The molecule has 1 aromatic carbocycles. The number of nitro groups is 2. The molecule has 0 spiro atoms. The Labute approximate surface area is 170 Å². The molecule has 28 heavy (non-hydrogen) atoms. The van der Waals surface area contributed by atoms with Crippen LogP contribution in [0.4, 0.5) is 17.1 Å². The monoisotopic (exact) mass is 426 g/mol. The van der Waals surface area contributed by atoms with Gasteiger partial charge in [0.25, 0.3) is 11.4 Å². The van der Waals surface area contributed by atoms with Gasteiger partial charge in [-0.2, -0.15) is 0 Å². The van der Waals surface area contributed by atoms with E-state index in [9.17, 15) is 20.2 Å². The molecule has 0 amide bonds. The fraction of sp³-hybridized carbons (Fsp3) is 0.375. The summed E-state index contributed by atoms with van der Waals surface area (Å²) in [6.45, 7) is 3.47. The van der Waals surface area contributed by atoms with Crippen LogP contribution in [0.1, 0.15) is 5.56 Å². The number of benzene rings is 1. The lowest BCUT2D eigenvalue weighted by Crippen LogP contribution is -2.47. The maximum atomic E-state index is 11.2. The lowest BCUT2D eigenvalue weighted by atomic mass is 10.1. The van der Waals surface area contributed by atoms with Crippen LogP contribution in [0.25, 0.3) is 0 Å². The lowest BCUT2D eigenvalue weighted by Gasteiger charge is -2.36. The van der Waals surface area contributed by atoms with Gasteiger partial charge in [0.15, 0.2) is 10.3 Å². The van der Waals surface area contributed by atoms with Crippen molar-refractivity contribution in [2.45, 2.75) is 6.42 Å². The first-order valence-electron chi connectivity index (χ1n) is 8.43. The van der Waals surface area contributed by atoms with Crippen LogP contribution in [-0.2, 0) is 6.42 Å². The fourth-order valence-electron chi connectivity index (χ4n) is 3.10. The molecule has 148 valence electrons. The predicted octanol–water partition coefficient (Wildman–Crippen LogP) is 2.96. The van der Waals surface area contributed by atoms with Crippen molar-refractivity contribution in [3.63, 3.8) is 0 Å². The number of hydrogen-bond donors (Lipinski definition) is 0. The van der Waals surface area contributed by atoms with E-state index in [-0.39, 0.29) is 16.5 Å². The molecule has 2 heterocycles. The molecule has 0 saturated carbocycles. The van der Waals surface area contributed by atoms with Gasteiger partial charge in [0.2, 0.25) is 0 Å². The Morgan fingerprint density at radius 3 is 2.36 bits per heavy atom. The van der Waals surface area contributed by atoms with E-state index >= 15 is 0 Å². The van der Waals surface area contributed by atoms with E-state index < -0.39 is 9.85 Å². The number of hydrogen-bond acceptors (Lipinski definition) is 8. The summed E-state index contributed by atoms with van der Waals surface area (Å²) in [5.41, 5.74) is 0.696. The van der Waals surface area contributed by atoms with Gasteiger partial charge < -0.3 is 4.90 Å². The Hall–Kier alpha value is -2.56. The average Bonchev–Trinajstić information content (AvgIpc) is 2.68. The minimum atomic E-state index is -0.638. The standard InChI is InChI=1S/C16H16Cl2N6O4/c17-15-10-14(16(18)20-19-15)22-7-5-21(6-8-22)4-3-11-1-2-12(23(25)26)9-13(11)24(27)28/h1-2,9-10H,3-8H2. The summed E-state index contributed by atoms with van der Waals surface area (Å²) in [5, 5.41) is 30.1. The quantitative estimate of drug-likeness (QED) is 0.510. The van der Waals surface area contributed by atoms with Crippen LogP contribution in [0.2, 0.25) is 10.3 Å². The van der Waals surface area contributed by atoms with Crippen LogP contribution >= 0.6 is 23.2 Å². The minimum Gasteiger partial charge on any atom is -0.366 e. The Kier molecular flexibility index (Phi) is 6.22. The highest BCUT2D eigenvalue weighted by atomic mass is 35.5. The molecule has 1 fully saturated rings. The second kappa shape index (κ2) is 8.63. The molecular formula is C16H16Cl2N6O4. The van der Waals surface area contributed by atoms with Crippen molar-refractivity contribution < 1.29 is 9.85 Å². The van der Waals surface area contributed by atoms with Crippen molar-refractivity contribution in [1.82, 2.24) is 15.1 Å². The van der Waals surface area contributed by atoms with Gasteiger partial charge in [0.05, 0.1) is 21.6 Å². The Balaban J connectivity index is 1.61. The molecule has 0 N–H and O–H groups in total. The van der Waals surface area contributed by atoms with Gasteiger partial charge in [-0.05, 0) is 12.5 Å². The molecule has 3 rings (SSSR count). The summed E-state index contributed by atoms with van der Waals surface area (Å²) in [4.78, 5) is 25.1. The lowest BCUT2D eigenvalue weighted by molar-refractivity contribution is -0.394. The summed E-state index contributed by atoms with van der Waals surface area (Å²) in [6, 6.07) is 5.43. The Morgan fingerprint density at radius 2 is 1.71 bits per heavy atom. The SMILES string of the molecule is O=[N+]([O-])c1ccc(CCN2CCN(c3cc(Cl)nnc3Cl)CC2)c([N+](=O)[O-])c1. The average molecular weight is 427 g/mol. The third-order valence-electron chi connectivity index (χ3n) is 4.59. The molecule has 12 heteroatoms. The molecule has 0 bridgehead atoms. The smallest absolute Gasteiger partial charge is 0.279 e. The molecule has 1 aliphatic rings. The summed E-state index contributed by atoms with van der Waals surface area (Å²) in [7, 11) is 0. The highest BCUT2D eigenvalue weighted by Gasteiger charge is 2.23. The number of piperazine rings is 1. The van der Waals surface area contributed by atoms with Crippen molar-refractivity contribution >= 4 is 40.3 Å². The highest BCUT2D eigenvalue weighted by Crippen LogP contribution is 2.27. The number of nitro benzene ring substituents is 2. The van der Waals surface area contributed by atoms with Crippen molar-refractivity contribution in [3.8, 4) is 0 Å². The van der Waals surface area contributed by atoms with Crippen LogP contribution < -0.4 is 4.90 Å². The maximum Gasteiger partial charge on any atom is 0.279 e. The number of non-ortho nitro benzene ring substituents is 1. The number of rotatable bonds is 6. The first-order chi connectivity index (χ1) is 13.3. The summed E-state index contributed by atoms with van der Waals surface area (Å²) in [6.07, 6.45) is 0.428. The molecule has 1 saturated heterocycles. The number of aromatic nitrogens is 2. The molecule has 2 aromatic rings. The van der Waals surface area contributed by atoms with Crippen molar-refractivity contribution in [1.29, 1.82) is 0 Å². The molecule has 0 atom stereocenters. The molecule has 10 nitrogen and oxygen atoms in total. The van der Waals surface area contributed by atoms with E-state index in [1.165, 1.54) is 12.1 Å². The zero-order chi connectivity index (χ0) is 20.3. The second-order valence-electron chi connectivity index (χ2n) is 6.25. The van der Waals surface area contributed by atoms with E-state index in [4.69, 9.17) is 23.2 Å². The van der Waals surface area contributed by atoms with Gasteiger partial charge in [-0.15, -0.1) is 10.2 Å². The molecule has 0 aliphatic carbocycles. The number of anilines is 1. The first kappa shape index (κ1) is 20.2. The predicted molar refractivity (Wildman–Crippen MR) is 104 cm³/mol. The zero-order valence-corrected chi connectivity index (χ0v) is 16.1. The van der Waals surface area contributed by atoms with Gasteiger partial charge in [-0.25, -0.2) is 0 Å². The molecule has 1 aromatic heterocycles. The number of halogens is 2. The summed E-state index contributed by atoms with van der Waals surface area (Å²) >= 11 is 12.0. The van der Waals surface area contributed by atoms with Crippen LogP contribution in [0.15, 0.2) is 24.3 Å². The van der Waals surface area contributed by atoms with Gasteiger partial charge in [0.1, 0.15) is 0 Å². The van der Waals surface area contributed by atoms with Crippen LogP contribution in [-0.4, -0.2) is 57.7 Å². The molecular weight excluding hydrogens is 411 g/mol. The minimum absolute atomic E-state index is 0.225. The maximum absolute atomic E-state index is 11.2. The van der Waals surface area contributed by atoms with Crippen molar-refractivity contribution in [2.75, 3.05) is 37.6 Å². The van der Waals surface area contributed by atoms with Crippen molar-refractivity contribution in [2.24, 2.45) is 0 Å². The van der Waals surface area contributed by atoms with Gasteiger partial charge >= 0.3 is 0 Å². The largest absolute Gasteiger partial charge is 0.366 e. The van der Waals surface area contributed by atoms with Gasteiger partial charge in [0, 0.05) is 50.4 Å². The van der Waals surface area contributed by atoms with Crippen molar-refractivity contribution in [3.05, 3.63) is 60.4 Å². The first-order valence-corrected chi connectivity index (χ1v) is 9.18.